The van der Waals surface area contributed by atoms with Crippen LogP contribution in [-0.4, -0.2) is 48.1 Å². The summed E-state index contributed by atoms with van der Waals surface area (Å²) < 4.78 is 44.4. The van der Waals surface area contributed by atoms with E-state index < -0.39 is 18.2 Å². The first-order chi connectivity index (χ1) is 17.4. The predicted octanol–water partition coefficient (Wildman–Crippen LogP) is 4.82. The predicted molar refractivity (Wildman–Crippen MR) is 130 cm³/mol. The number of carbonyl (C=O) groups excluding carboxylic acids is 1. The fourth-order valence-electron chi connectivity index (χ4n) is 4.17. The van der Waals surface area contributed by atoms with Gasteiger partial charge < -0.3 is 24.4 Å². The molecule has 0 bridgehead atoms. The van der Waals surface area contributed by atoms with Gasteiger partial charge in [0.1, 0.15) is 6.61 Å². The first kappa shape index (κ1) is 25.2. The molecule has 10 heteroatoms. The number of amides is 1. The quantitative estimate of drug-likeness (QED) is 0.477. The van der Waals surface area contributed by atoms with Gasteiger partial charge in [-0.15, -0.1) is 0 Å². The summed E-state index contributed by atoms with van der Waals surface area (Å²) in [7, 11) is 2.57. The van der Waals surface area contributed by atoms with Gasteiger partial charge in [0.15, 0.2) is 28.9 Å². The lowest BCUT2D eigenvalue weighted by Crippen LogP contribution is -2.36. The van der Waals surface area contributed by atoms with Crippen molar-refractivity contribution in [1.29, 1.82) is 0 Å². The number of rotatable bonds is 8. The van der Waals surface area contributed by atoms with Crippen molar-refractivity contribution in [3.05, 3.63) is 65.5 Å². The Labute approximate surface area is 208 Å². The summed E-state index contributed by atoms with van der Waals surface area (Å²) in [6.45, 7) is 2.78. The Bertz CT molecular complexity index is 1170. The van der Waals surface area contributed by atoms with Gasteiger partial charge in [-0.1, -0.05) is 12.1 Å². The fraction of sp³-hybridized carbons (Fsp3) is 0.346. The van der Waals surface area contributed by atoms with Crippen LogP contribution < -0.4 is 19.5 Å². The van der Waals surface area contributed by atoms with Crippen LogP contribution >= 0.6 is 0 Å². The van der Waals surface area contributed by atoms with Gasteiger partial charge in [0.25, 0.3) is 0 Å². The summed E-state index contributed by atoms with van der Waals surface area (Å²) in [5.41, 5.74) is 1.74. The van der Waals surface area contributed by atoms with Crippen molar-refractivity contribution >= 4 is 17.5 Å². The van der Waals surface area contributed by atoms with Crippen molar-refractivity contribution in [3.8, 4) is 17.2 Å². The number of halogens is 2. The molecule has 36 heavy (non-hydrogen) atoms. The monoisotopic (exact) mass is 498 g/mol. The van der Waals surface area contributed by atoms with Gasteiger partial charge in [-0.3, -0.25) is 4.79 Å². The Hall–Kier alpha value is -3.95. The van der Waals surface area contributed by atoms with Gasteiger partial charge >= 0.3 is 0 Å². The molecule has 0 spiro atoms. The van der Waals surface area contributed by atoms with E-state index in [0.717, 1.165) is 37.7 Å². The fourth-order valence-corrected chi connectivity index (χ4v) is 4.17. The summed E-state index contributed by atoms with van der Waals surface area (Å²) in [5, 5.41) is 3.12. The van der Waals surface area contributed by atoms with Gasteiger partial charge in [0.05, 0.1) is 32.2 Å². The van der Waals surface area contributed by atoms with Gasteiger partial charge in [-0.2, -0.15) is 0 Å². The largest absolute Gasteiger partial charge is 0.494 e. The molecular weight excluding hydrogens is 470 g/mol. The summed E-state index contributed by atoms with van der Waals surface area (Å²) in [6.07, 6.45) is 4.74. The van der Waals surface area contributed by atoms with E-state index in [4.69, 9.17) is 14.2 Å². The lowest BCUT2D eigenvalue weighted by atomic mass is 9.89. The number of piperidine rings is 1. The normalized spacial score (nSPS) is 13.9. The molecule has 1 fully saturated rings. The summed E-state index contributed by atoms with van der Waals surface area (Å²) in [4.78, 5) is 21.8. The topological polar surface area (TPSA) is 85.8 Å². The molecule has 4 rings (SSSR count). The Morgan fingerprint density at radius 1 is 1.03 bits per heavy atom. The molecule has 1 aromatic heterocycles. The number of nitrogens with one attached hydrogen (secondary N) is 1. The zero-order valence-corrected chi connectivity index (χ0v) is 20.4. The standard InChI is InChI=1S/C26H28F2N4O4/c1-16(33)32-10-8-18(9-11-32)17-4-6-19(7-5-17)31-26-29-13-20(14-30-26)36-15-21-24(27)22(34-2)12-23(35-3)25(21)28/h4-7,12-14,18H,8-11,15H2,1-3H3,(H,29,30,31). The van der Waals surface area contributed by atoms with Crippen LogP contribution in [0.25, 0.3) is 0 Å². The summed E-state index contributed by atoms with van der Waals surface area (Å²) in [5.74, 6) is -0.847. The van der Waals surface area contributed by atoms with Crippen molar-refractivity contribution < 1.29 is 27.8 Å². The third kappa shape index (κ3) is 5.64. The molecule has 8 nitrogen and oxygen atoms in total. The Morgan fingerprint density at radius 2 is 1.61 bits per heavy atom. The smallest absolute Gasteiger partial charge is 0.227 e. The molecule has 1 aliphatic rings. The van der Waals surface area contributed by atoms with E-state index in [9.17, 15) is 13.6 Å². The molecule has 1 amide bonds. The summed E-state index contributed by atoms with van der Waals surface area (Å²) in [6, 6.07) is 9.20. The van der Waals surface area contributed by atoms with Crippen LogP contribution in [0.2, 0.25) is 0 Å². The molecule has 0 aliphatic carbocycles. The minimum absolute atomic E-state index is 0.129. The Balaban J connectivity index is 1.35. The molecular formula is C26H28F2N4O4. The molecule has 1 N–H and O–H groups in total. The zero-order chi connectivity index (χ0) is 25.7. The average Bonchev–Trinajstić information content (AvgIpc) is 2.90. The highest BCUT2D eigenvalue weighted by Crippen LogP contribution is 2.32. The summed E-state index contributed by atoms with van der Waals surface area (Å²) >= 11 is 0. The van der Waals surface area contributed by atoms with Crippen molar-refractivity contribution in [2.45, 2.75) is 32.3 Å². The number of aromatic nitrogens is 2. The van der Waals surface area contributed by atoms with E-state index in [1.54, 1.807) is 6.92 Å². The Morgan fingerprint density at radius 3 is 2.14 bits per heavy atom. The van der Waals surface area contributed by atoms with Crippen LogP contribution in [0.1, 0.15) is 36.8 Å². The highest BCUT2D eigenvalue weighted by Gasteiger charge is 2.22. The number of nitrogens with zero attached hydrogens (tertiary/aromatic N) is 3. The molecule has 1 aliphatic heterocycles. The van der Waals surface area contributed by atoms with E-state index >= 15 is 0 Å². The average molecular weight is 499 g/mol. The number of benzene rings is 2. The minimum Gasteiger partial charge on any atom is -0.494 e. The number of hydrogen-bond acceptors (Lipinski definition) is 7. The second-order valence-electron chi connectivity index (χ2n) is 8.45. The number of ether oxygens (including phenoxy) is 3. The van der Waals surface area contributed by atoms with Crippen molar-refractivity contribution in [3.63, 3.8) is 0 Å². The van der Waals surface area contributed by atoms with E-state index in [0.29, 0.717) is 11.9 Å². The van der Waals surface area contributed by atoms with Crippen LogP contribution in [0.5, 0.6) is 17.2 Å². The maximum atomic E-state index is 14.5. The maximum Gasteiger partial charge on any atom is 0.227 e. The van der Waals surface area contributed by atoms with Crippen LogP contribution in [0, 0.1) is 11.6 Å². The van der Waals surface area contributed by atoms with Crippen molar-refractivity contribution in [1.82, 2.24) is 14.9 Å². The lowest BCUT2D eigenvalue weighted by Gasteiger charge is -2.31. The van der Waals surface area contributed by atoms with Crippen molar-refractivity contribution in [2.75, 3.05) is 32.6 Å². The number of methoxy groups -OCH3 is 2. The highest BCUT2D eigenvalue weighted by molar-refractivity contribution is 5.73. The molecule has 2 heterocycles. The van der Waals surface area contributed by atoms with E-state index in [1.165, 1.54) is 32.2 Å². The molecule has 0 radical (unpaired) electrons. The molecule has 2 aromatic carbocycles. The van der Waals surface area contributed by atoms with Gasteiger partial charge in [-0.25, -0.2) is 18.7 Å². The first-order valence-corrected chi connectivity index (χ1v) is 11.6. The van der Waals surface area contributed by atoms with E-state index in [-0.39, 0.29) is 28.7 Å². The second kappa shape index (κ2) is 11.2. The molecule has 0 unspecified atom stereocenters. The third-order valence-corrected chi connectivity index (χ3v) is 6.25. The first-order valence-electron chi connectivity index (χ1n) is 11.6. The number of hydrogen-bond donors (Lipinski definition) is 1. The molecule has 1 saturated heterocycles. The van der Waals surface area contributed by atoms with Crippen molar-refractivity contribution in [2.24, 2.45) is 0 Å². The van der Waals surface area contributed by atoms with Crippen LogP contribution in [0.4, 0.5) is 20.4 Å². The molecule has 3 aromatic rings. The third-order valence-electron chi connectivity index (χ3n) is 6.25. The second-order valence-corrected chi connectivity index (χ2v) is 8.45. The zero-order valence-electron chi connectivity index (χ0n) is 20.4. The van der Waals surface area contributed by atoms with Gasteiger partial charge in [0.2, 0.25) is 11.9 Å². The highest BCUT2D eigenvalue weighted by atomic mass is 19.1. The molecule has 190 valence electrons. The van der Waals surface area contributed by atoms with Crippen LogP contribution in [-0.2, 0) is 11.4 Å². The van der Waals surface area contributed by atoms with E-state index in [2.05, 4.69) is 27.4 Å². The molecule has 0 atom stereocenters. The molecule has 0 saturated carbocycles. The number of likely N-dealkylation sites (tertiary alicyclic amines) is 1. The maximum absolute atomic E-state index is 14.5. The number of carbonyl (C=O) groups is 1. The van der Waals surface area contributed by atoms with Crippen LogP contribution in [0.15, 0.2) is 42.7 Å². The van der Waals surface area contributed by atoms with Gasteiger partial charge in [-0.05, 0) is 36.5 Å². The SMILES string of the molecule is COc1cc(OC)c(F)c(COc2cnc(Nc3ccc(C4CCN(C(C)=O)CC4)cc3)nc2)c1F. The Kier molecular flexibility index (Phi) is 7.82. The van der Waals surface area contributed by atoms with E-state index in [1.807, 2.05) is 17.0 Å². The van der Waals surface area contributed by atoms with Gasteiger partial charge in [0, 0.05) is 31.8 Å². The lowest BCUT2D eigenvalue weighted by molar-refractivity contribution is -0.129. The minimum atomic E-state index is -0.858. The van der Waals surface area contributed by atoms with Crippen LogP contribution in [0.3, 0.4) is 0 Å². The number of anilines is 2.